The van der Waals surface area contributed by atoms with Crippen LogP contribution in [0.4, 0.5) is 0 Å². The Morgan fingerprint density at radius 2 is 1.92 bits per heavy atom. The zero-order valence-corrected chi connectivity index (χ0v) is 7.53. The average molecular weight is 180 g/mol. The number of carbonyl (C=O) groups excluding carboxylic acids is 1. The molecule has 0 fully saturated rings. The molecule has 0 saturated heterocycles. The van der Waals surface area contributed by atoms with E-state index in [9.17, 15) is 4.79 Å². The maximum absolute atomic E-state index is 10.4. The van der Waals surface area contributed by atoms with Gasteiger partial charge in [0, 0.05) is 6.92 Å². The molecule has 3 nitrogen and oxygen atoms in total. The van der Waals surface area contributed by atoms with Gasteiger partial charge in [-0.1, -0.05) is 18.2 Å². The fourth-order valence-electron chi connectivity index (χ4n) is 0.862. The molecule has 0 aromatic heterocycles. The highest BCUT2D eigenvalue weighted by atomic mass is 16.6. The van der Waals surface area contributed by atoms with Gasteiger partial charge in [-0.15, -0.1) is 0 Å². The van der Waals surface area contributed by atoms with E-state index in [1.807, 2.05) is 30.3 Å². The van der Waals surface area contributed by atoms with E-state index in [2.05, 4.69) is 0 Å². The Labute approximate surface area is 77.3 Å². The van der Waals surface area contributed by atoms with Gasteiger partial charge < -0.3 is 9.47 Å². The number of rotatable bonds is 4. The van der Waals surface area contributed by atoms with Crippen LogP contribution in [0.5, 0.6) is 5.75 Å². The molecule has 0 unspecified atom stereocenters. The van der Waals surface area contributed by atoms with Crippen molar-refractivity contribution < 1.29 is 14.3 Å². The molecule has 0 bridgehead atoms. The predicted octanol–water partition coefficient (Wildman–Crippen LogP) is 1.63. The van der Waals surface area contributed by atoms with Gasteiger partial charge in [-0.3, -0.25) is 4.79 Å². The molecule has 1 rings (SSSR count). The Morgan fingerprint density at radius 3 is 2.54 bits per heavy atom. The molecular weight excluding hydrogens is 168 g/mol. The van der Waals surface area contributed by atoms with Crippen molar-refractivity contribution in [2.45, 2.75) is 6.92 Å². The zero-order chi connectivity index (χ0) is 9.52. The van der Waals surface area contributed by atoms with Crippen molar-refractivity contribution in [3.05, 3.63) is 30.3 Å². The number of para-hydroxylation sites is 1. The molecule has 0 radical (unpaired) electrons. The van der Waals surface area contributed by atoms with Crippen LogP contribution in [-0.4, -0.2) is 19.2 Å². The third-order valence-corrected chi connectivity index (χ3v) is 1.40. The summed E-state index contributed by atoms with van der Waals surface area (Å²) in [6, 6.07) is 9.41. The van der Waals surface area contributed by atoms with Crippen molar-refractivity contribution in [2.75, 3.05) is 13.2 Å². The quantitative estimate of drug-likeness (QED) is 0.522. The summed E-state index contributed by atoms with van der Waals surface area (Å²) in [4.78, 5) is 10.4. The normalized spacial score (nSPS) is 9.31. The second kappa shape index (κ2) is 5.19. The first kappa shape index (κ1) is 9.58. The summed E-state index contributed by atoms with van der Waals surface area (Å²) in [7, 11) is 0. The SMILES string of the molecule is CC(=O)OCCOc1ccccc1. The van der Waals surface area contributed by atoms with E-state index < -0.39 is 0 Å². The lowest BCUT2D eigenvalue weighted by Crippen LogP contribution is -2.09. The molecule has 0 atom stereocenters. The molecule has 0 amide bonds. The van der Waals surface area contributed by atoms with Crippen molar-refractivity contribution in [1.82, 2.24) is 0 Å². The molecule has 0 aliphatic rings. The minimum absolute atomic E-state index is 0.281. The average Bonchev–Trinajstić information content (AvgIpc) is 2.14. The van der Waals surface area contributed by atoms with Crippen molar-refractivity contribution >= 4 is 5.97 Å². The Bertz CT molecular complexity index is 256. The molecule has 0 aliphatic carbocycles. The van der Waals surface area contributed by atoms with Crippen molar-refractivity contribution in [1.29, 1.82) is 0 Å². The third kappa shape index (κ3) is 4.15. The molecule has 3 heteroatoms. The van der Waals surface area contributed by atoms with Crippen LogP contribution in [0.1, 0.15) is 6.92 Å². The number of ether oxygens (including phenoxy) is 2. The molecule has 0 heterocycles. The molecule has 1 aromatic rings. The van der Waals surface area contributed by atoms with E-state index >= 15 is 0 Å². The molecule has 0 spiro atoms. The summed E-state index contributed by atoms with van der Waals surface area (Å²) in [5, 5.41) is 0. The smallest absolute Gasteiger partial charge is 0.302 e. The van der Waals surface area contributed by atoms with Gasteiger partial charge in [0.25, 0.3) is 0 Å². The standard InChI is InChI=1S/C10H12O3/c1-9(11)12-7-8-13-10-5-3-2-4-6-10/h2-6H,7-8H2,1H3. The van der Waals surface area contributed by atoms with E-state index in [0.29, 0.717) is 13.2 Å². The first-order chi connectivity index (χ1) is 6.29. The Morgan fingerprint density at radius 1 is 1.23 bits per heavy atom. The monoisotopic (exact) mass is 180 g/mol. The predicted molar refractivity (Wildman–Crippen MR) is 48.6 cm³/mol. The summed E-state index contributed by atoms with van der Waals surface area (Å²) in [5.41, 5.74) is 0. The van der Waals surface area contributed by atoms with Crippen LogP contribution in [0.2, 0.25) is 0 Å². The lowest BCUT2D eigenvalue weighted by atomic mass is 10.3. The molecule has 0 aliphatic heterocycles. The third-order valence-electron chi connectivity index (χ3n) is 1.40. The zero-order valence-electron chi connectivity index (χ0n) is 7.53. The molecular formula is C10H12O3. The number of benzene rings is 1. The summed E-state index contributed by atoms with van der Waals surface area (Å²) in [5.74, 6) is 0.506. The van der Waals surface area contributed by atoms with Gasteiger partial charge in [-0.2, -0.15) is 0 Å². The van der Waals surface area contributed by atoms with Gasteiger partial charge in [0.15, 0.2) is 0 Å². The highest BCUT2D eigenvalue weighted by molar-refractivity contribution is 5.65. The van der Waals surface area contributed by atoms with Crippen molar-refractivity contribution in [2.24, 2.45) is 0 Å². The fourth-order valence-corrected chi connectivity index (χ4v) is 0.862. The molecule has 0 N–H and O–H groups in total. The maximum atomic E-state index is 10.4. The van der Waals surface area contributed by atoms with Gasteiger partial charge in [0.2, 0.25) is 0 Å². The van der Waals surface area contributed by atoms with Crippen LogP contribution < -0.4 is 4.74 Å². The van der Waals surface area contributed by atoms with Crippen LogP contribution in [0.25, 0.3) is 0 Å². The number of carbonyl (C=O) groups is 1. The van der Waals surface area contributed by atoms with E-state index in [1.165, 1.54) is 6.92 Å². The van der Waals surface area contributed by atoms with Gasteiger partial charge in [-0.05, 0) is 12.1 Å². The van der Waals surface area contributed by atoms with Crippen LogP contribution >= 0.6 is 0 Å². The summed E-state index contributed by atoms with van der Waals surface area (Å²) in [6.45, 7) is 2.07. The number of esters is 1. The van der Waals surface area contributed by atoms with E-state index in [0.717, 1.165) is 5.75 Å². The summed E-state index contributed by atoms with van der Waals surface area (Å²) >= 11 is 0. The molecule has 70 valence electrons. The number of hydrogen-bond acceptors (Lipinski definition) is 3. The maximum Gasteiger partial charge on any atom is 0.302 e. The van der Waals surface area contributed by atoms with Gasteiger partial charge >= 0.3 is 5.97 Å². The second-order valence-corrected chi connectivity index (χ2v) is 2.50. The first-order valence-corrected chi connectivity index (χ1v) is 4.10. The fraction of sp³-hybridized carbons (Fsp3) is 0.300. The number of hydrogen-bond donors (Lipinski definition) is 0. The van der Waals surface area contributed by atoms with Gasteiger partial charge in [0.1, 0.15) is 19.0 Å². The van der Waals surface area contributed by atoms with E-state index in [4.69, 9.17) is 9.47 Å². The highest BCUT2D eigenvalue weighted by Crippen LogP contribution is 2.07. The Kier molecular flexibility index (Phi) is 3.82. The van der Waals surface area contributed by atoms with Crippen molar-refractivity contribution in [3.8, 4) is 5.75 Å². The highest BCUT2D eigenvalue weighted by Gasteiger charge is 1.93. The van der Waals surface area contributed by atoms with Crippen LogP contribution in [0, 0.1) is 0 Å². The molecule has 0 saturated carbocycles. The molecule has 13 heavy (non-hydrogen) atoms. The van der Waals surface area contributed by atoms with Crippen LogP contribution in [-0.2, 0) is 9.53 Å². The largest absolute Gasteiger partial charge is 0.490 e. The molecule has 1 aromatic carbocycles. The lowest BCUT2D eigenvalue weighted by molar-refractivity contribution is -0.141. The Balaban J connectivity index is 2.17. The minimum atomic E-state index is -0.281. The van der Waals surface area contributed by atoms with Gasteiger partial charge in [-0.25, -0.2) is 0 Å². The minimum Gasteiger partial charge on any atom is -0.490 e. The summed E-state index contributed by atoms with van der Waals surface area (Å²) < 4.78 is 9.98. The van der Waals surface area contributed by atoms with E-state index in [1.54, 1.807) is 0 Å². The first-order valence-electron chi connectivity index (χ1n) is 4.10. The van der Waals surface area contributed by atoms with Crippen molar-refractivity contribution in [3.63, 3.8) is 0 Å². The van der Waals surface area contributed by atoms with E-state index in [-0.39, 0.29) is 5.97 Å². The topological polar surface area (TPSA) is 35.5 Å². The second-order valence-electron chi connectivity index (χ2n) is 2.50. The Hall–Kier alpha value is -1.51. The lowest BCUT2D eigenvalue weighted by Gasteiger charge is -2.05. The summed E-state index contributed by atoms with van der Waals surface area (Å²) in [6.07, 6.45) is 0. The van der Waals surface area contributed by atoms with Crippen LogP contribution in [0.15, 0.2) is 30.3 Å². The van der Waals surface area contributed by atoms with Gasteiger partial charge in [0.05, 0.1) is 0 Å². The van der Waals surface area contributed by atoms with Crippen LogP contribution in [0.3, 0.4) is 0 Å².